The summed E-state index contributed by atoms with van der Waals surface area (Å²) in [6, 6.07) is 9.56. The average molecular weight is 273 g/mol. The third kappa shape index (κ3) is 1.82. The second kappa shape index (κ2) is 4.51. The number of fused-ring (bicyclic) bond motifs is 3. The maximum atomic E-state index is 11.6. The van der Waals surface area contributed by atoms with E-state index in [2.05, 4.69) is 4.98 Å². The molecule has 19 heavy (non-hydrogen) atoms. The van der Waals surface area contributed by atoms with Crippen LogP contribution < -0.4 is 4.74 Å². The minimum absolute atomic E-state index is 0.260. The Labute approximate surface area is 113 Å². The van der Waals surface area contributed by atoms with Crippen molar-refractivity contribution in [3.8, 4) is 5.75 Å². The molecule has 0 N–H and O–H groups in total. The number of hydrogen-bond acceptors (Lipinski definition) is 5. The molecule has 0 unspecified atom stereocenters. The van der Waals surface area contributed by atoms with Crippen molar-refractivity contribution in [2.24, 2.45) is 0 Å². The van der Waals surface area contributed by atoms with Crippen molar-refractivity contribution >= 4 is 37.6 Å². The summed E-state index contributed by atoms with van der Waals surface area (Å²) in [5.41, 5.74) is 1.04. The van der Waals surface area contributed by atoms with Crippen LogP contribution in [0.25, 0.3) is 20.3 Å². The fraction of sp³-hybridized carbons (Fsp3) is 0.143. The van der Waals surface area contributed by atoms with Crippen LogP contribution in [0, 0.1) is 0 Å². The second-order valence-corrected chi connectivity index (χ2v) is 5.03. The summed E-state index contributed by atoms with van der Waals surface area (Å²) in [4.78, 5) is 16.0. The Hall–Kier alpha value is -2.14. The van der Waals surface area contributed by atoms with E-state index in [0.717, 1.165) is 20.3 Å². The van der Waals surface area contributed by atoms with Crippen molar-refractivity contribution in [1.82, 2.24) is 4.98 Å². The lowest BCUT2D eigenvalue weighted by Crippen LogP contribution is -2.04. The van der Waals surface area contributed by atoms with Crippen molar-refractivity contribution in [3.63, 3.8) is 0 Å². The molecule has 96 valence electrons. The van der Waals surface area contributed by atoms with Gasteiger partial charge in [0.2, 0.25) is 0 Å². The van der Waals surface area contributed by atoms with Gasteiger partial charge in [-0.3, -0.25) is 0 Å². The average Bonchev–Trinajstić information content (AvgIpc) is 2.84. The Morgan fingerprint density at radius 1 is 1.26 bits per heavy atom. The van der Waals surface area contributed by atoms with E-state index in [1.807, 2.05) is 24.3 Å². The van der Waals surface area contributed by atoms with Crippen LogP contribution in [0.1, 0.15) is 10.5 Å². The monoisotopic (exact) mass is 273 g/mol. The van der Waals surface area contributed by atoms with Gasteiger partial charge in [-0.25, -0.2) is 9.78 Å². The lowest BCUT2D eigenvalue weighted by Gasteiger charge is -2.04. The standard InChI is InChI=1S/C14H11NO3S/c1-17-10-7-9(14(16)18-2)15-12-8-5-3-4-6-11(8)19-13(10)12/h3-7H,1-2H3. The van der Waals surface area contributed by atoms with Crippen LogP contribution in [-0.4, -0.2) is 25.2 Å². The van der Waals surface area contributed by atoms with Gasteiger partial charge in [0.15, 0.2) is 5.69 Å². The van der Waals surface area contributed by atoms with Crippen molar-refractivity contribution in [1.29, 1.82) is 0 Å². The quantitative estimate of drug-likeness (QED) is 0.672. The number of pyridine rings is 1. The van der Waals surface area contributed by atoms with Crippen LogP contribution in [0.3, 0.4) is 0 Å². The van der Waals surface area contributed by atoms with Gasteiger partial charge < -0.3 is 9.47 Å². The van der Waals surface area contributed by atoms with Gasteiger partial charge >= 0.3 is 5.97 Å². The SMILES string of the molecule is COC(=O)c1cc(OC)c2sc3ccccc3c2n1. The van der Waals surface area contributed by atoms with E-state index in [-0.39, 0.29) is 5.69 Å². The number of carbonyl (C=O) groups excluding carboxylic acids is 1. The van der Waals surface area contributed by atoms with E-state index in [1.54, 1.807) is 24.5 Å². The number of rotatable bonds is 2. The lowest BCUT2D eigenvalue weighted by molar-refractivity contribution is 0.0594. The summed E-state index contributed by atoms with van der Waals surface area (Å²) in [6.07, 6.45) is 0. The molecule has 0 aliphatic rings. The van der Waals surface area contributed by atoms with Crippen molar-refractivity contribution in [3.05, 3.63) is 36.0 Å². The number of nitrogens with zero attached hydrogens (tertiary/aromatic N) is 1. The van der Waals surface area contributed by atoms with Crippen LogP contribution in [0.15, 0.2) is 30.3 Å². The minimum atomic E-state index is -0.463. The third-order valence-corrected chi connectivity index (χ3v) is 4.08. The van der Waals surface area contributed by atoms with Gasteiger partial charge in [0.05, 0.1) is 24.4 Å². The minimum Gasteiger partial charge on any atom is -0.495 e. The van der Waals surface area contributed by atoms with E-state index in [4.69, 9.17) is 9.47 Å². The molecule has 0 saturated heterocycles. The first-order valence-corrected chi connectivity index (χ1v) is 6.51. The van der Waals surface area contributed by atoms with Gasteiger partial charge in [0, 0.05) is 16.2 Å². The second-order valence-electron chi connectivity index (χ2n) is 3.98. The Balaban J connectivity index is 2.40. The molecule has 0 bridgehead atoms. The van der Waals surface area contributed by atoms with Crippen molar-refractivity contribution < 1.29 is 14.3 Å². The number of aromatic nitrogens is 1. The zero-order valence-corrected chi connectivity index (χ0v) is 11.3. The summed E-state index contributed by atoms with van der Waals surface area (Å²) in [6.45, 7) is 0. The van der Waals surface area contributed by atoms with Gasteiger partial charge in [-0.05, 0) is 6.07 Å². The molecule has 4 nitrogen and oxygen atoms in total. The van der Waals surface area contributed by atoms with Gasteiger partial charge in [0.25, 0.3) is 0 Å². The Morgan fingerprint density at radius 3 is 2.79 bits per heavy atom. The maximum absolute atomic E-state index is 11.6. The number of hydrogen-bond donors (Lipinski definition) is 0. The van der Waals surface area contributed by atoms with Crippen LogP contribution in [-0.2, 0) is 4.74 Å². The molecule has 1 aromatic carbocycles. The van der Waals surface area contributed by atoms with Crippen molar-refractivity contribution in [2.75, 3.05) is 14.2 Å². The van der Waals surface area contributed by atoms with Crippen LogP contribution in [0.2, 0.25) is 0 Å². The molecule has 0 spiro atoms. The van der Waals surface area contributed by atoms with E-state index in [0.29, 0.717) is 5.75 Å². The molecule has 0 saturated carbocycles. The molecule has 0 fully saturated rings. The molecule has 3 rings (SSSR count). The first-order valence-electron chi connectivity index (χ1n) is 5.69. The van der Waals surface area contributed by atoms with Gasteiger partial charge in [0.1, 0.15) is 5.75 Å². The van der Waals surface area contributed by atoms with Crippen LogP contribution >= 0.6 is 11.3 Å². The third-order valence-electron chi connectivity index (χ3n) is 2.91. The number of ether oxygens (including phenoxy) is 2. The smallest absolute Gasteiger partial charge is 0.356 e. The maximum Gasteiger partial charge on any atom is 0.356 e. The molecule has 0 atom stereocenters. The molecule has 5 heteroatoms. The highest BCUT2D eigenvalue weighted by Crippen LogP contribution is 2.38. The molecular weight excluding hydrogens is 262 g/mol. The molecule has 3 aromatic rings. The van der Waals surface area contributed by atoms with Crippen LogP contribution in [0.4, 0.5) is 0 Å². The summed E-state index contributed by atoms with van der Waals surface area (Å²) in [7, 11) is 2.92. The first-order chi connectivity index (χ1) is 9.24. The summed E-state index contributed by atoms with van der Waals surface area (Å²) in [5.74, 6) is 0.182. The number of benzene rings is 1. The normalized spacial score (nSPS) is 10.8. The lowest BCUT2D eigenvalue weighted by atomic mass is 10.2. The summed E-state index contributed by atoms with van der Waals surface area (Å²) in [5, 5.41) is 1.02. The highest BCUT2D eigenvalue weighted by atomic mass is 32.1. The highest BCUT2D eigenvalue weighted by molar-refractivity contribution is 7.26. The van der Waals surface area contributed by atoms with Gasteiger partial charge in [-0.15, -0.1) is 11.3 Å². The van der Waals surface area contributed by atoms with E-state index in [1.165, 1.54) is 7.11 Å². The van der Waals surface area contributed by atoms with E-state index < -0.39 is 5.97 Å². The van der Waals surface area contributed by atoms with Crippen molar-refractivity contribution in [2.45, 2.75) is 0 Å². The number of methoxy groups -OCH3 is 2. The molecule has 0 radical (unpaired) electrons. The number of esters is 1. The molecule has 0 aliphatic carbocycles. The van der Waals surface area contributed by atoms with Gasteiger partial charge in [-0.2, -0.15) is 0 Å². The number of carbonyl (C=O) groups is 1. The largest absolute Gasteiger partial charge is 0.495 e. The zero-order chi connectivity index (χ0) is 13.4. The summed E-state index contributed by atoms with van der Waals surface area (Å²) < 4.78 is 12.1. The fourth-order valence-electron chi connectivity index (χ4n) is 2.01. The van der Waals surface area contributed by atoms with Gasteiger partial charge in [-0.1, -0.05) is 18.2 Å². The highest BCUT2D eigenvalue weighted by Gasteiger charge is 2.16. The molecule has 2 aromatic heterocycles. The number of thiophene rings is 1. The molecule has 0 aliphatic heterocycles. The van der Waals surface area contributed by atoms with E-state index in [9.17, 15) is 4.79 Å². The molecule has 0 amide bonds. The molecule has 2 heterocycles. The Morgan fingerprint density at radius 2 is 2.05 bits per heavy atom. The summed E-state index contributed by atoms with van der Waals surface area (Å²) >= 11 is 1.60. The van der Waals surface area contributed by atoms with Crippen LogP contribution in [0.5, 0.6) is 5.75 Å². The predicted molar refractivity (Wildman–Crippen MR) is 75.0 cm³/mol. The topological polar surface area (TPSA) is 48.4 Å². The Bertz CT molecular complexity index is 779. The zero-order valence-electron chi connectivity index (χ0n) is 10.5. The molecular formula is C14H11NO3S. The first kappa shape index (κ1) is 11.9. The fourth-order valence-corrected chi connectivity index (χ4v) is 3.15. The Kier molecular flexibility index (Phi) is 2.83. The predicted octanol–water partition coefficient (Wildman–Crippen LogP) is 3.24. The van der Waals surface area contributed by atoms with E-state index >= 15 is 0 Å².